The normalized spacial score (nSPS) is 10.4. The Morgan fingerprint density at radius 3 is 2.76 bits per heavy atom. The van der Waals surface area contributed by atoms with Crippen LogP contribution in [0.25, 0.3) is 0 Å². The molecule has 1 aromatic heterocycles. The Kier molecular flexibility index (Phi) is 5.24. The van der Waals surface area contributed by atoms with Gasteiger partial charge in [-0.2, -0.15) is 0 Å². The Labute approximate surface area is 127 Å². The number of hydrogen-bond donors (Lipinski definition) is 0. The lowest BCUT2D eigenvalue weighted by Gasteiger charge is -2.19. The van der Waals surface area contributed by atoms with E-state index in [-0.39, 0.29) is 5.91 Å². The van der Waals surface area contributed by atoms with Crippen molar-refractivity contribution in [2.75, 3.05) is 32.3 Å². The molecule has 0 saturated heterocycles. The number of carbonyl (C=O) groups excluding carboxylic acids is 1. The number of rotatable bonds is 6. The van der Waals surface area contributed by atoms with Crippen LogP contribution >= 0.6 is 11.3 Å². The van der Waals surface area contributed by atoms with E-state index in [1.165, 1.54) is 11.3 Å². The van der Waals surface area contributed by atoms with Crippen molar-refractivity contribution >= 4 is 22.4 Å². The van der Waals surface area contributed by atoms with E-state index in [1.54, 1.807) is 43.4 Å². The third-order valence-corrected chi connectivity index (χ3v) is 3.69. The van der Waals surface area contributed by atoms with Gasteiger partial charge in [0.2, 0.25) is 5.13 Å². The zero-order valence-corrected chi connectivity index (χ0v) is 13.0. The minimum absolute atomic E-state index is 0.151. The number of benzene rings is 1. The van der Waals surface area contributed by atoms with Gasteiger partial charge in [-0.05, 0) is 25.1 Å². The van der Waals surface area contributed by atoms with Gasteiger partial charge >= 0.3 is 0 Å². The molecule has 2 rings (SSSR count). The van der Waals surface area contributed by atoms with Crippen molar-refractivity contribution in [3.05, 3.63) is 34.8 Å². The van der Waals surface area contributed by atoms with E-state index < -0.39 is 0 Å². The zero-order chi connectivity index (χ0) is 15.2. The molecule has 0 spiro atoms. The van der Waals surface area contributed by atoms with E-state index in [9.17, 15) is 4.79 Å². The Hall–Kier alpha value is -1.99. The fraction of sp³-hybridized carbons (Fsp3) is 0.357. The molecule has 0 bridgehead atoms. The highest BCUT2D eigenvalue weighted by Gasteiger charge is 2.21. The molecular formula is C14H17N3O3S. The van der Waals surface area contributed by atoms with Crippen LogP contribution in [0.1, 0.15) is 15.4 Å². The van der Waals surface area contributed by atoms with Gasteiger partial charge in [-0.15, -0.1) is 10.2 Å². The number of aromatic nitrogens is 2. The first-order valence-electron chi connectivity index (χ1n) is 6.40. The second-order valence-electron chi connectivity index (χ2n) is 4.29. The molecule has 1 heterocycles. The first-order valence-corrected chi connectivity index (χ1v) is 7.22. The molecule has 7 heteroatoms. The van der Waals surface area contributed by atoms with Gasteiger partial charge in [-0.3, -0.25) is 9.69 Å². The fourth-order valence-electron chi connectivity index (χ4n) is 1.77. The Morgan fingerprint density at radius 1 is 1.33 bits per heavy atom. The largest absolute Gasteiger partial charge is 0.497 e. The number of ether oxygens (including phenoxy) is 2. The summed E-state index contributed by atoms with van der Waals surface area (Å²) in [5.41, 5.74) is 0.540. The van der Waals surface area contributed by atoms with Gasteiger partial charge in [0.25, 0.3) is 5.91 Å². The van der Waals surface area contributed by atoms with Crippen molar-refractivity contribution in [1.29, 1.82) is 0 Å². The van der Waals surface area contributed by atoms with Crippen LogP contribution in [0, 0.1) is 6.92 Å². The summed E-state index contributed by atoms with van der Waals surface area (Å²) in [6.07, 6.45) is 0. The predicted octanol–water partition coefficient (Wildman–Crippen LogP) is 2.15. The van der Waals surface area contributed by atoms with Gasteiger partial charge in [-0.25, -0.2) is 0 Å². The minimum Gasteiger partial charge on any atom is -0.497 e. The maximum absolute atomic E-state index is 12.7. The maximum atomic E-state index is 12.7. The van der Waals surface area contributed by atoms with Crippen LogP contribution in [0.5, 0.6) is 5.75 Å². The standard InChI is InChI=1S/C14H17N3O3S/c1-10-15-16-14(21-10)17(7-8-19-2)13(18)11-5-4-6-12(9-11)20-3/h4-6,9H,7-8H2,1-3H3. The number of aryl methyl sites for hydroxylation is 1. The molecule has 1 amide bonds. The van der Waals surface area contributed by atoms with Gasteiger partial charge in [0, 0.05) is 12.7 Å². The molecule has 2 aromatic rings. The smallest absolute Gasteiger partial charge is 0.260 e. The SMILES string of the molecule is COCCN(C(=O)c1cccc(OC)c1)c1nnc(C)s1. The highest BCUT2D eigenvalue weighted by molar-refractivity contribution is 7.15. The van der Waals surface area contributed by atoms with Gasteiger partial charge < -0.3 is 9.47 Å². The van der Waals surface area contributed by atoms with E-state index in [2.05, 4.69) is 10.2 Å². The molecule has 0 radical (unpaired) electrons. The molecule has 0 aliphatic heterocycles. The highest BCUT2D eigenvalue weighted by atomic mass is 32.1. The van der Waals surface area contributed by atoms with E-state index in [1.807, 2.05) is 6.92 Å². The molecule has 0 N–H and O–H groups in total. The molecule has 1 aromatic carbocycles. The molecule has 6 nitrogen and oxygen atoms in total. The topological polar surface area (TPSA) is 64.5 Å². The number of carbonyl (C=O) groups is 1. The average molecular weight is 307 g/mol. The van der Waals surface area contributed by atoms with E-state index >= 15 is 0 Å². The van der Waals surface area contributed by atoms with Crippen LogP contribution in [0.15, 0.2) is 24.3 Å². The Balaban J connectivity index is 2.28. The quantitative estimate of drug-likeness (QED) is 0.818. The van der Waals surface area contributed by atoms with E-state index in [4.69, 9.17) is 9.47 Å². The van der Waals surface area contributed by atoms with Crippen LogP contribution in [-0.2, 0) is 4.74 Å². The fourth-order valence-corrected chi connectivity index (χ4v) is 2.49. The van der Waals surface area contributed by atoms with Crippen molar-refractivity contribution in [2.45, 2.75) is 6.92 Å². The maximum Gasteiger partial charge on any atom is 0.260 e. The molecule has 0 fully saturated rings. The lowest BCUT2D eigenvalue weighted by atomic mass is 10.2. The molecule has 21 heavy (non-hydrogen) atoms. The summed E-state index contributed by atoms with van der Waals surface area (Å²) in [7, 11) is 3.17. The third-order valence-electron chi connectivity index (χ3n) is 2.83. The van der Waals surface area contributed by atoms with Crippen LogP contribution < -0.4 is 9.64 Å². The molecule has 0 saturated carbocycles. The summed E-state index contributed by atoms with van der Waals surface area (Å²) in [6, 6.07) is 7.03. The zero-order valence-electron chi connectivity index (χ0n) is 12.2. The molecule has 0 unspecified atom stereocenters. The molecule has 0 aliphatic carbocycles. The average Bonchev–Trinajstić information content (AvgIpc) is 2.94. The summed E-state index contributed by atoms with van der Waals surface area (Å²) in [4.78, 5) is 14.3. The Morgan fingerprint density at radius 2 is 2.14 bits per heavy atom. The molecule has 0 aliphatic rings. The number of hydrogen-bond acceptors (Lipinski definition) is 6. The summed E-state index contributed by atoms with van der Waals surface area (Å²) in [5.74, 6) is 0.489. The van der Waals surface area contributed by atoms with Crippen LogP contribution in [0.2, 0.25) is 0 Å². The lowest BCUT2D eigenvalue weighted by molar-refractivity contribution is 0.0975. The number of amides is 1. The van der Waals surface area contributed by atoms with Gasteiger partial charge in [0.15, 0.2) is 0 Å². The first kappa shape index (κ1) is 15.4. The number of nitrogens with zero attached hydrogens (tertiary/aromatic N) is 3. The number of methoxy groups -OCH3 is 2. The van der Waals surface area contributed by atoms with Gasteiger partial charge in [-0.1, -0.05) is 17.4 Å². The van der Waals surface area contributed by atoms with Crippen molar-refractivity contribution < 1.29 is 14.3 Å². The summed E-state index contributed by atoms with van der Waals surface area (Å²) in [5, 5.41) is 9.39. The molecular weight excluding hydrogens is 290 g/mol. The first-order chi connectivity index (χ1) is 10.2. The molecule has 0 atom stereocenters. The Bertz CT molecular complexity index is 615. The predicted molar refractivity (Wildman–Crippen MR) is 81.2 cm³/mol. The lowest BCUT2D eigenvalue weighted by Crippen LogP contribution is -2.33. The monoisotopic (exact) mass is 307 g/mol. The van der Waals surface area contributed by atoms with Gasteiger partial charge in [0.05, 0.1) is 20.3 Å². The van der Waals surface area contributed by atoms with Crippen molar-refractivity contribution in [3.63, 3.8) is 0 Å². The summed E-state index contributed by atoms with van der Waals surface area (Å²) in [6.45, 7) is 2.70. The highest BCUT2D eigenvalue weighted by Crippen LogP contribution is 2.22. The summed E-state index contributed by atoms with van der Waals surface area (Å²) < 4.78 is 10.2. The van der Waals surface area contributed by atoms with Crippen molar-refractivity contribution in [2.24, 2.45) is 0 Å². The van der Waals surface area contributed by atoms with Gasteiger partial charge in [0.1, 0.15) is 10.8 Å². The second kappa shape index (κ2) is 7.14. The second-order valence-corrected chi connectivity index (χ2v) is 5.45. The van der Waals surface area contributed by atoms with Crippen molar-refractivity contribution in [1.82, 2.24) is 10.2 Å². The minimum atomic E-state index is -0.151. The third kappa shape index (κ3) is 3.77. The van der Waals surface area contributed by atoms with E-state index in [0.29, 0.717) is 29.6 Å². The molecule has 112 valence electrons. The van der Waals surface area contributed by atoms with Crippen LogP contribution in [-0.4, -0.2) is 43.5 Å². The van der Waals surface area contributed by atoms with Crippen LogP contribution in [0.3, 0.4) is 0 Å². The number of anilines is 1. The van der Waals surface area contributed by atoms with Crippen molar-refractivity contribution in [3.8, 4) is 5.75 Å². The van der Waals surface area contributed by atoms with Crippen LogP contribution in [0.4, 0.5) is 5.13 Å². The summed E-state index contributed by atoms with van der Waals surface area (Å²) >= 11 is 1.38. The van der Waals surface area contributed by atoms with E-state index in [0.717, 1.165) is 5.01 Å².